The predicted molar refractivity (Wildman–Crippen MR) is 428 cm³/mol. The monoisotopic (exact) mass is 1650 g/mol. The van der Waals surface area contributed by atoms with Crippen molar-refractivity contribution in [3.8, 4) is 0 Å². The van der Waals surface area contributed by atoms with Gasteiger partial charge in [-0.05, 0) is 128 Å². The van der Waals surface area contributed by atoms with E-state index < -0.39 is 115 Å². The number of ether oxygens (including phenoxy) is 4. The van der Waals surface area contributed by atoms with Gasteiger partial charge in [-0.3, -0.25) is 33.1 Å². The molecule has 4 fully saturated rings. The largest absolute Gasteiger partial charge is 1.00 e. The average Bonchev–Trinajstić information content (AvgIpc) is 0.673. The summed E-state index contributed by atoms with van der Waals surface area (Å²) < 4.78 is 66.7. The minimum absolute atomic E-state index is 0. The number of aliphatic hydroxyl groups excluding tert-OH is 3. The molecule has 0 saturated heterocycles. The van der Waals surface area contributed by atoms with Gasteiger partial charge in [0.1, 0.15) is 24.7 Å². The third-order valence-electron chi connectivity index (χ3n) is 26.1. The van der Waals surface area contributed by atoms with Gasteiger partial charge in [0.2, 0.25) is 0 Å². The third kappa shape index (κ3) is 36.9. The summed E-state index contributed by atoms with van der Waals surface area (Å²) in [5.74, 6) is -2.15. The van der Waals surface area contributed by atoms with E-state index in [4.69, 9.17) is 37.0 Å². The summed E-state index contributed by atoms with van der Waals surface area (Å²) in [5, 5.41) is 43.5. The molecule has 112 heavy (non-hydrogen) atoms. The fourth-order valence-electron chi connectivity index (χ4n) is 19.1. The van der Waals surface area contributed by atoms with Crippen LogP contribution >= 0.6 is 15.6 Å². The zero-order chi connectivity index (χ0) is 81.3. The van der Waals surface area contributed by atoms with Crippen molar-refractivity contribution in [2.45, 2.75) is 421 Å². The number of fused-ring (bicyclic) bond motifs is 7. The van der Waals surface area contributed by atoms with Gasteiger partial charge in [0.25, 0.3) is 15.6 Å². The number of allylic oxidation sites excluding steroid dienone is 2. The Bertz CT molecular complexity index is 2670. The van der Waals surface area contributed by atoms with Crippen LogP contribution in [-0.2, 0) is 70.1 Å². The minimum Gasteiger partial charge on any atom is -0.756 e. The number of carboxylic acids is 1. The molecule has 13 atom stereocenters. The van der Waals surface area contributed by atoms with Gasteiger partial charge < -0.3 is 67.3 Å². The topological polar surface area (TPSA) is 320 Å². The Morgan fingerprint density at radius 2 is 0.795 bits per heavy atom. The van der Waals surface area contributed by atoms with E-state index in [1.165, 1.54) is 108 Å². The number of rotatable bonds is 59. The summed E-state index contributed by atoms with van der Waals surface area (Å²) in [6.45, 7) is 20.8. The van der Waals surface area contributed by atoms with Crippen LogP contribution in [0.25, 0.3) is 0 Å². The molecule has 0 bridgehead atoms. The van der Waals surface area contributed by atoms with E-state index >= 15 is 0 Å². The molecule has 5 aliphatic rings. The van der Waals surface area contributed by atoms with Crippen molar-refractivity contribution < 1.29 is 159 Å². The Balaban J connectivity index is 0.000000968. The summed E-state index contributed by atoms with van der Waals surface area (Å²) in [7, 11) is -10.4. The summed E-state index contributed by atoms with van der Waals surface area (Å²) >= 11 is 0. The SMILES string of the molecule is CC1(C)CCC2(C(=O)O)C(O)CC3(C)C(=CCC4C5(C)CCC(O)C(C)(C)C5CCC43C)C2C1.CCCCCCCCCCCC(=O)OCC(COP(=O)([O-])OCC(O)COP(=O)([O-])OCC(COC(=O)CCCCCCCCCCC)OC(=O)CCCCCCCCCCC)OC(=O)CCCCCCCCCCC.[Na+].[Na+]. The van der Waals surface area contributed by atoms with Crippen LogP contribution in [0.4, 0.5) is 0 Å². The second kappa shape index (κ2) is 56.0. The molecule has 642 valence electrons. The molecule has 0 amide bonds. The van der Waals surface area contributed by atoms with Crippen molar-refractivity contribution in [3.05, 3.63) is 11.6 Å². The van der Waals surface area contributed by atoms with E-state index in [0.29, 0.717) is 50.4 Å². The zero-order valence-electron chi connectivity index (χ0n) is 72.7. The Hall–Kier alpha value is -0.810. The van der Waals surface area contributed by atoms with Crippen LogP contribution in [0.15, 0.2) is 11.6 Å². The van der Waals surface area contributed by atoms with E-state index in [1.807, 2.05) is 0 Å². The van der Waals surface area contributed by atoms with Crippen molar-refractivity contribution in [2.24, 2.45) is 50.2 Å². The molecule has 0 aromatic heterocycles. The molecule has 4 N–H and O–H groups in total. The molecule has 0 aromatic rings. The number of carbonyl (C=O) groups is 5. The summed E-state index contributed by atoms with van der Waals surface area (Å²) in [5.41, 5.74) is 0.295. The molecule has 4 saturated carbocycles. The van der Waals surface area contributed by atoms with Crippen LogP contribution < -0.4 is 68.9 Å². The molecule has 0 aromatic carbocycles. The Kier molecular flexibility index (Phi) is 53.6. The Morgan fingerprint density at radius 1 is 0.446 bits per heavy atom. The van der Waals surface area contributed by atoms with Gasteiger partial charge in [0.15, 0.2) is 12.2 Å². The van der Waals surface area contributed by atoms with Gasteiger partial charge >= 0.3 is 89.0 Å². The first-order valence-corrected chi connectivity index (χ1v) is 47.0. The average molecular weight is 1650 g/mol. The fourth-order valence-corrected chi connectivity index (χ4v) is 20.7. The number of carbonyl (C=O) groups excluding carboxylic acids is 4. The standard InChI is InChI=1S/C57H110O17P2.C30H48O4.2Na/c1-5-9-13-17-21-25-29-33-37-41-54(59)67-47-52(73-56(61)43-39-35-31-27-23-19-15-11-7-3)49-71-75(63,64)69-45-51(58)46-70-76(65,66)72-50-53(74-57(62)44-40-36-32-28-24-20-16-12-8-4)48-68-55(60)42-38-34-30-26-22-18-14-10-6-2;1-25(2)14-15-30(24(33)34)19(16-25)18-8-9-21-27(5)12-11-22(31)26(3,4)20(27)10-13-28(21,6)29(18,7)17-23(30)32;;/h51-53,58H,5-50H2,1-4H3,(H,63,64)(H,65,66);8,19-23,31-32H,9-17H2,1-7H3,(H,33,34);;/q;;2*+1/p-2. The quantitative estimate of drug-likeness (QED) is 0.0110. The van der Waals surface area contributed by atoms with E-state index in [-0.39, 0.29) is 124 Å². The van der Waals surface area contributed by atoms with Crippen LogP contribution in [0.1, 0.15) is 391 Å². The number of phosphoric acid groups is 2. The molecule has 0 aliphatic heterocycles. The number of aliphatic carboxylic acids is 1. The third-order valence-corrected chi connectivity index (χ3v) is 28.0. The maximum Gasteiger partial charge on any atom is 1.00 e. The first-order valence-electron chi connectivity index (χ1n) is 44.1. The second-order valence-corrected chi connectivity index (χ2v) is 38.6. The number of hydrogen-bond acceptors (Lipinski definition) is 20. The molecule has 0 heterocycles. The van der Waals surface area contributed by atoms with Gasteiger partial charge in [0, 0.05) is 25.7 Å². The van der Waals surface area contributed by atoms with Crippen LogP contribution in [0, 0.1) is 50.2 Å². The van der Waals surface area contributed by atoms with E-state index in [1.54, 1.807) is 0 Å². The maximum absolute atomic E-state index is 12.8. The van der Waals surface area contributed by atoms with E-state index in [0.717, 1.165) is 148 Å². The normalized spacial score (nSPS) is 26.0. The molecule has 13 unspecified atom stereocenters. The van der Waals surface area contributed by atoms with Crippen molar-refractivity contribution in [3.63, 3.8) is 0 Å². The van der Waals surface area contributed by atoms with Gasteiger partial charge in [-0.25, -0.2) is 0 Å². The van der Waals surface area contributed by atoms with Crippen LogP contribution in [0.3, 0.4) is 0 Å². The summed E-state index contributed by atoms with van der Waals surface area (Å²) in [6, 6.07) is 0. The number of aliphatic hydroxyl groups is 3. The van der Waals surface area contributed by atoms with Crippen molar-refractivity contribution >= 4 is 45.5 Å². The van der Waals surface area contributed by atoms with Crippen LogP contribution in [0.5, 0.6) is 0 Å². The molecule has 0 spiro atoms. The van der Waals surface area contributed by atoms with E-state index in [9.17, 15) is 63.3 Å². The first-order chi connectivity index (χ1) is 52.2. The minimum atomic E-state index is -5.20. The number of unbranched alkanes of at least 4 members (excludes halogenated alkanes) is 32. The molecular weight excluding hydrogens is 1490 g/mol. The van der Waals surface area contributed by atoms with Gasteiger partial charge in [0.05, 0.1) is 38.6 Å². The number of phosphoric ester groups is 2. The van der Waals surface area contributed by atoms with Gasteiger partial charge in [-0.1, -0.05) is 293 Å². The van der Waals surface area contributed by atoms with Gasteiger partial charge in [-0.15, -0.1) is 0 Å². The first kappa shape index (κ1) is 107. The van der Waals surface area contributed by atoms with Crippen molar-refractivity contribution in [1.29, 1.82) is 0 Å². The maximum atomic E-state index is 12.8. The van der Waals surface area contributed by atoms with Crippen LogP contribution in [-0.4, -0.2) is 120 Å². The zero-order valence-corrected chi connectivity index (χ0v) is 78.5. The smallest absolute Gasteiger partial charge is 0.756 e. The Morgan fingerprint density at radius 3 is 1.16 bits per heavy atom. The fraction of sp³-hybridized carbons (Fsp3) is 0.920. The number of carboxylic acid groups (broad SMARTS) is 1. The van der Waals surface area contributed by atoms with Crippen molar-refractivity contribution in [1.82, 2.24) is 0 Å². The second-order valence-electron chi connectivity index (χ2n) is 35.8. The molecule has 21 nitrogen and oxygen atoms in total. The molecule has 25 heteroatoms. The van der Waals surface area contributed by atoms with Gasteiger partial charge in [-0.2, -0.15) is 0 Å². The van der Waals surface area contributed by atoms with E-state index in [2.05, 4.69) is 82.2 Å². The summed E-state index contributed by atoms with van der Waals surface area (Å²) in [6.07, 6.45) is 43.6. The number of esters is 4. The predicted octanol–water partition coefficient (Wildman–Crippen LogP) is 14.2. The van der Waals surface area contributed by atoms with Crippen molar-refractivity contribution in [2.75, 3.05) is 39.6 Å². The molecule has 5 aliphatic carbocycles. The Labute approximate surface area is 722 Å². The molecule has 5 rings (SSSR count). The molecular formula is C87H156Na2O21P2. The number of hydrogen-bond donors (Lipinski definition) is 4. The summed E-state index contributed by atoms with van der Waals surface area (Å²) in [4.78, 5) is 89.0. The molecule has 0 radical (unpaired) electrons. The van der Waals surface area contributed by atoms with Crippen LogP contribution in [0.2, 0.25) is 0 Å².